The highest BCUT2D eigenvalue weighted by Gasteiger charge is 2.20. The summed E-state index contributed by atoms with van der Waals surface area (Å²) in [5.74, 6) is 0. The maximum atomic E-state index is 8.92. The predicted octanol–water partition coefficient (Wildman–Crippen LogP) is 1.33. The molecule has 15 heavy (non-hydrogen) atoms. The highest BCUT2D eigenvalue weighted by molar-refractivity contribution is 4.75. The Labute approximate surface area is 94.9 Å². The zero-order valence-electron chi connectivity index (χ0n) is 10.8. The Kier molecular flexibility index (Phi) is 8.02. The lowest BCUT2D eigenvalue weighted by Gasteiger charge is -2.32. The SMILES string of the molecule is CCCNCC(C)(C)CN(CC)CCO. The van der Waals surface area contributed by atoms with Crippen molar-refractivity contribution >= 4 is 0 Å². The lowest BCUT2D eigenvalue weighted by molar-refractivity contribution is 0.147. The number of hydrogen-bond donors (Lipinski definition) is 2. The van der Waals surface area contributed by atoms with Crippen LogP contribution in [0.5, 0.6) is 0 Å². The summed E-state index contributed by atoms with van der Waals surface area (Å²) in [6, 6.07) is 0. The van der Waals surface area contributed by atoms with Crippen LogP contribution in [0.2, 0.25) is 0 Å². The number of likely N-dealkylation sites (N-methyl/N-ethyl adjacent to an activating group) is 1. The van der Waals surface area contributed by atoms with Crippen LogP contribution in [0.1, 0.15) is 34.1 Å². The van der Waals surface area contributed by atoms with Crippen LogP contribution < -0.4 is 5.32 Å². The monoisotopic (exact) mass is 216 g/mol. The first-order valence-corrected chi connectivity index (χ1v) is 6.09. The van der Waals surface area contributed by atoms with Gasteiger partial charge in [0, 0.05) is 19.6 Å². The third kappa shape index (κ3) is 7.77. The molecular weight excluding hydrogens is 188 g/mol. The zero-order valence-corrected chi connectivity index (χ0v) is 10.8. The Morgan fingerprint density at radius 2 is 1.93 bits per heavy atom. The minimum Gasteiger partial charge on any atom is -0.395 e. The smallest absolute Gasteiger partial charge is 0.0558 e. The second-order valence-electron chi connectivity index (χ2n) is 4.93. The molecule has 0 aliphatic carbocycles. The molecule has 2 N–H and O–H groups in total. The van der Waals surface area contributed by atoms with E-state index < -0.39 is 0 Å². The van der Waals surface area contributed by atoms with E-state index in [1.165, 1.54) is 6.42 Å². The number of nitrogens with one attached hydrogen (secondary N) is 1. The summed E-state index contributed by atoms with van der Waals surface area (Å²) in [6.07, 6.45) is 1.18. The molecule has 0 aromatic heterocycles. The van der Waals surface area contributed by atoms with Crippen LogP contribution in [-0.4, -0.2) is 49.3 Å². The van der Waals surface area contributed by atoms with Gasteiger partial charge in [0.25, 0.3) is 0 Å². The molecule has 0 amide bonds. The average Bonchev–Trinajstić information content (AvgIpc) is 2.17. The van der Waals surface area contributed by atoms with E-state index in [-0.39, 0.29) is 12.0 Å². The van der Waals surface area contributed by atoms with E-state index in [9.17, 15) is 0 Å². The van der Waals surface area contributed by atoms with E-state index in [1.54, 1.807) is 0 Å². The van der Waals surface area contributed by atoms with E-state index in [4.69, 9.17) is 5.11 Å². The van der Waals surface area contributed by atoms with Crippen molar-refractivity contribution in [1.82, 2.24) is 10.2 Å². The van der Waals surface area contributed by atoms with Gasteiger partial charge < -0.3 is 15.3 Å². The molecule has 0 aliphatic heterocycles. The first-order chi connectivity index (χ1) is 7.05. The van der Waals surface area contributed by atoms with Gasteiger partial charge in [-0.3, -0.25) is 0 Å². The van der Waals surface area contributed by atoms with Crippen LogP contribution in [0.4, 0.5) is 0 Å². The molecule has 0 saturated carbocycles. The molecule has 0 bridgehead atoms. The van der Waals surface area contributed by atoms with Crippen LogP contribution in [0.15, 0.2) is 0 Å². The summed E-state index contributed by atoms with van der Waals surface area (Å²) < 4.78 is 0. The minimum absolute atomic E-state index is 0.256. The van der Waals surface area contributed by atoms with Gasteiger partial charge in [-0.05, 0) is 24.9 Å². The van der Waals surface area contributed by atoms with Gasteiger partial charge in [0.05, 0.1) is 6.61 Å². The molecule has 0 aromatic carbocycles. The lowest BCUT2D eigenvalue weighted by Crippen LogP contribution is -2.41. The number of nitrogens with zero attached hydrogens (tertiary/aromatic N) is 1. The van der Waals surface area contributed by atoms with Crippen molar-refractivity contribution in [2.45, 2.75) is 34.1 Å². The van der Waals surface area contributed by atoms with Crippen LogP contribution in [0.3, 0.4) is 0 Å². The molecule has 0 saturated heterocycles. The van der Waals surface area contributed by atoms with E-state index in [1.807, 2.05) is 0 Å². The number of aliphatic hydroxyl groups excluding tert-OH is 1. The molecule has 0 aliphatic rings. The topological polar surface area (TPSA) is 35.5 Å². The van der Waals surface area contributed by atoms with E-state index in [0.717, 1.165) is 32.7 Å². The molecule has 3 heteroatoms. The Bertz CT molecular complexity index is 149. The summed E-state index contributed by atoms with van der Waals surface area (Å²) >= 11 is 0. The van der Waals surface area contributed by atoms with Crippen molar-refractivity contribution < 1.29 is 5.11 Å². The first kappa shape index (κ1) is 14.9. The second-order valence-corrected chi connectivity index (χ2v) is 4.93. The third-order valence-corrected chi connectivity index (χ3v) is 2.55. The summed E-state index contributed by atoms with van der Waals surface area (Å²) in [5, 5.41) is 12.4. The standard InChI is InChI=1S/C12H28N2O/c1-5-7-13-10-12(3,4)11-14(6-2)8-9-15/h13,15H,5-11H2,1-4H3. The average molecular weight is 216 g/mol. The molecule has 0 spiro atoms. The quantitative estimate of drug-likeness (QED) is 0.571. The highest BCUT2D eigenvalue weighted by Crippen LogP contribution is 2.15. The fourth-order valence-electron chi connectivity index (χ4n) is 1.76. The van der Waals surface area contributed by atoms with Crippen LogP contribution >= 0.6 is 0 Å². The maximum Gasteiger partial charge on any atom is 0.0558 e. The normalized spacial score (nSPS) is 12.4. The van der Waals surface area contributed by atoms with Crippen LogP contribution in [0, 0.1) is 5.41 Å². The van der Waals surface area contributed by atoms with Gasteiger partial charge in [0.2, 0.25) is 0 Å². The van der Waals surface area contributed by atoms with Crippen molar-refractivity contribution in [2.75, 3.05) is 39.3 Å². The molecule has 0 radical (unpaired) electrons. The summed E-state index contributed by atoms with van der Waals surface area (Å²) in [7, 11) is 0. The molecule has 0 rings (SSSR count). The van der Waals surface area contributed by atoms with E-state index in [0.29, 0.717) is 0 Å². The predicted molar refractivity (Wildman–Crippen MR) is 66.1 cm³/mol. The van der Waals surface area contributed by atoms with Crippen molar-refractivity contribution in [2.24, 2.45) is 5.41 Å². The fraction of sp³-hybridized carbons (Fsp3) is 1.00. The van der Waals surface area contributed by atoms with E-state index >= 15 is 0 Å². The summed E-state index contributed by atoms with van der Waals surface area (Å²) in [5.41, 5.74) is 0.278. The highest BCUT2D eigenvalue weighted by atomic mass is 16.3. The van der Waals surface area contributed by atoms with Crippen molar-refractivity contribution in [3.8, 4) is 0 Å². The minimum atomic E-state index is 0.256. The second kappa shape index (κ2) is 8.08. The lowest BCUT2D eigenvalue weighted by atomic mass is 9.92. The summed E-state index contributed by atoms with van der Waals surface area (Å²) in [4.78, 5) is 2.30. The van der Waals surface area contributed by atoms with Gasteiger partial charge in [-0.25, -0.2) is 0 Å². The van der Waals surface area contributed by atoms with Gasteiger partial charge in [-0.1, -0.05) is 27.7 Å². The van der Waals surface area contributed by atoms with Crippen molar-refractivity contribution in [1.29, 1.82) is 0 Å². The zero-order chi connectivity index (χ0) is 11.7. The molecule has 0 atom stereocenters. The number of aliphatic hydroxyl groups is 1. The van der Waals surface area contributed by atoms with Gasteiger partial charge in [0.15, 0.2) is 0 Å². The van der Waals surface area contributed by atoms with Gasteiger partial charge in [0.1, 0.15) is 0 Å². The molecule has 0 fully saturated rings. The van der Waals surface area contributed by atoms with E-state index in [2.05, 4.69) is 37.9 Å². The third-order valence-electron chi connectivity index (χ3n) is 2.55. The Morgan fingerprint density at radius 3 is 2.40 bits per heavy atom. The summed E-state index contributed by atoms with van der Waals surface area (Å²) in [6.45, 7) is 14.1. The number of rotatable bonds is 9. The molecule has 0 heterocycles. The Hall–Kier alpha value is -0.120. The van der Waals surface area contributed by atoms with Crippen molar-refractivity contribution in [3.05, 3.63) is 0 Å². The van der Waals surface area contributed by atoms with Crippen LogP contribution in [-0.2, 0) is 0 Å². The molecule has 3 nitrogen and oxygen atoms in total. The molecule has 0 aromatic rings. The fourth-order valence-corrected chi connectivity index (χ4v) is 1.76. The van der Waals surface area contributed by atoms with Gasteiger partial charge >= 0.3 is 0 Å². The van der Waals surface area contributed by atoms with Gasteiger partial charge in [-0.2, -0.15) is 0 Å². The van der Waals surface area contributed by atoms with Crippen molar-refractivity contribution in [3.63, 3.8) is 0 Å². The molecule has 0 unspecified atom stereocenters. The van der Waals surface area contributed by atoms with Gasteiger partial charge in [-0.15, -0.1) is 0 Å². The first-order valence-electron chi connectivity index (χ1n) is 6.09. The molecular formula is C12H28N2O. The largest absolute Gasteiger partial charge is 0.395 e. The molecule has 92 valence electrons. The Morgan fingerprint density at radius 1 is 1.27 bits per heavy atom. The Balaban J connectivity index is 3.86. The van der Waals surface area contributed by atoms with Crippen LogP contribution in [0.25, 0.3) is 0 Å². The number of hydrogen-bond acceptors (Lipinski definition) is 3. The maximum absolute atomic E-state index is 8.92.